The zero-order valence-corrected chi connectivity index (χ0v) is 11.1. The van der Waals surface area contributed by atoms with E-state index in [0.29, 0.717) is 18.1 Å². The van der Waals surface area contributed by atoms with Crippen LogP contribution in [-0.2, 0) is 4.79 Å². The van der Waals surface area contributed by atoms with Crippen LogP contribution in [0.5, 0.6) is 0 Å². The minimum atomic E-state index is -0.654. The van der Waals surface area contributed by atoms with E-state index in [1.807, 2.05) is 0 Å². The molecule has 2 heterocycles. The van der Waals surface area contributed by atoms with Crippen molar-refractivity contribution in [3.05, 3.63) is 0 Å². The predicted molar refractivity (Wildman–Crippen MR) is 69.6 cm³/mol. The fourth-order valence-electron chi connectivity index (χ4n) is 4.35. The molecule has 2 aliphatic heterocycles. The fraction of sp³-hybridized carbons (Fsp3) is 0.929. The second-order valence-electron chi connectivity index (χ2n) is 6.11. The summed E-state index contributed by atoms with van der Waals surface area (Å²) in [5.74, 6) is -0.654. The largest absolute Gasteiger partial charge is 0.480 e. The van der Waals surface area contributed by atoms with Gasteiger partial charge in [-0.15, -0.1) is 0 Å². The topological polar surface area (TPSA) is 43.8 Å². The first kappa shape index (κ1) is 12.4. The first-order valence-corrected chi connectivity index (χ1v) is 7.47. The van der Waals surface area contributed by atoms with E-state index >= 15 is 0 Å². The van der Waals surface area contributed by atoms with Crippen LogP contribution in [-0.4, -0.2) is 58.6 Å². The highest BCUT2D eigenvalue weighted by molar-refractivity contribution is 5.69. The predicted octanol–water partition coefficient (Wildman–Crippen LogP) is 1.55. The van der Waals surface area contributed by atoms with Gasteiger partial charge in [0.05, 0.1) is 6.54 Å². The number of rotatable bonds is 4. The van der Waals surface area contributed by atoms with E-state index < -0.39 is 5.97 Å². The average molecular weight is 252 g/mol. The van der Waals surface area contributed by atoms with Crippen molar-refractivity contribution in [2.24, 2.45) is 0 Å². The van der Waals surface area contributed by atoms with Gasteiger partial charge >= 0.3 is 5.97 Å². The smallest absolute Gasteiger partial charge is 0.317 e. The second-order valence-corrected chi connectivity index (χ2v) is 6.11. The molecule has 1 aliphatic carbocycles. The van der Waals surface area contributed by atoms with Crippen molar-refractivity contribution in [3.63, 3.8) is 0 Å². The zero-order chi connectivity index (χ0) is 12.5. The van der Waals surface area contributed by atoms with Crippen LogP contribution < -0.4 is 0 Å². The summed E-state index contributed by atoms with van der Waals surface area (Å²) >= 11 is 0. The van der Waals surface area contributed by atoms with E-state index in [1.54, 1.807) is 0 Å². The molecule has 4 heteroatoms. The summed E-state index contributed by atoms with van der Waals surface area (Å²) in [7, 11) is 0. The third-order valence-electron chi connectivity index (χ3n) is 5.11. The number of aliphatic carboxylic acids is 1. The van der Waals surface area contributed by atoms with Gasteiger partial charge in [-0.05, 0) is 38.6 Å². The summed E-state index contributed by atoms with van der Waals surface area (Å²) in [6, 6.07) is 1.68. The van der Waals surface area contributed by atoms with Crippen LogP contribution in [0.15, 0.2) is 0 Å². The molecule has 3 fully saturated rings. The monoisotopic (exact) mass is 252 g/mol. The van der Waals surface area contributed by atoms with Crippen LogP contribution in [0.25, 0.3) is 0 Å². The molecule has 0 radical (unpaired) electrons. The van der Waals surface area contributed by atoms with Crippen molar-refractivity contribution in [2.75, 3.05) is 19.6 Å². The lowest BCUT2D eigenvalue weighted by molar-refractivity contribution is -0.139. The molecular weight excluding hydrogens is 228 g/mol. The van der Waals surface area contributed by atoms with Gasteiger partial charge in [-0.3, -0.25) is 14.6 Å². The maximum atomic E-state index is 11.2. The lowest BCUT2D eigenvalue weighted by Gasteiger charge is -2.36. The third-order valence-corrected chi connectivity index (χ3v) is 5.11. The van der Waals surface area contributed by atoms with E-state index in [0.717, 1.165) is 0 Å². The van der Waals surface area contributed by atoms with Gasteiger partial charge in [0.25, 0.3) is 0 Å². The summed E-state index contributed by atoms with van der Waals surface area (Å²) in [6.45, 7) is 2.66. The molecule has 2 atom stereocenters. The van der Waals surface area contributed by atoms with Gasteiger partial charge < -0.3 is 5.11 Å². The number of hydrogen-bond donors (Lipinski definition) is 1. The van der Waals surface area contributed by atoms with Gasteiger partial charge in [0.1, 0.15) is 0 Å². The van der Waals surface area contributed by atoms with E-state index in [2.05, 4.69) is 9.80 Å². The Balaban J connectivity index is 1.73. The molecule has 1 N–H and O–H groups in total. The van der Waals surface area contributed by atoms with Gasteiger partial charge in [-0.1, -0.05) is 12.8 Å². The molecule has 3 rings (SSSR count). The average Bonchev–Trinajstić information content (AvgIpc) is 3.03. The molecule has 0 spiro atoms. The highest BCUT2D eigenvalue weighted by Crippen LogP contribution is 2.35. The molecule has 0 aromatic rings. The molecule has 2 unspecified atom stereocenters. The van der Waals surface area contributed by atoms with Gasteiger partial charge in [-0.2, -0.15) is 0 Å². The Morgan fingerprint density at radius 1 is 1.11 bits per heavy atom. The summed E-state index contributed by atoms with van der Waals surface area (Å²) in [4.78, 5) is 16.1. The van der Waals surface area contributed by atoms with E-state index in [-0.39, 0.29) is 6.54 Å². The van der Waals surface area contributed by atoms with Crippen molar-refractivity contribution < 1.29 is 9.90 Å². The quantitative estimate of drug-likeness (QED) is 0.824. The standard InChI is InChI=1S/C14H24N2O2/c17-14(18)10-16(11-4-1-2-5-11)13-7-9-15-8-3-6-12(13)15/h11-13H,1-10H2,(H,17,18). The number of carboxylic acids is 1. The Hall–Kier alpha value is -0.610. The van der Waals surface area contributed by atoms with Crippen LogP contribution >= 0.6 is 0 Å². The van der Waals surface area contributed by atoms with Crippen LogP contribution in [0.4, 0.5) is 0 Å². The Bertz CT molecular complexity index is 315. The first-order valence-electron chi connectivity index (χ1n) is 7.47. The number of carboxylic acid groups (broad SMARTS) is 1. The highest BCUT2D eigenvalue weighted by atomic mass is 16.4. The Morgan fingerprint density at radius 3 is 2.61 bits per heavy atom. The van der Waals surface area contributed by atoms with Crippen molar-refractivity contribution in [3.8, 4) is 0 Å². The van der Waals surface area contributed by atoms with Gasteiger partial charge in [0.15, 0.2) is 0 Å². The molecule has 0 bridgehead atoms. The molecule has 0 aromatic carbocycles. The Morgan fingerprint density at radius 2 is 1.89 bits per heavy atom. The lowest BCUT2D eigenvalue weighted by Crippen LogP contribution is -2.49. The van der Waals surface area contributed by atoms with E-state index in [9.17, 15) is 9.90 Å². The molecule has 2 saturated heterocycles. The highest BCUT2D eigenvalue weighted by Gasteiger charge is 2.42. The summed E-state index contributed by atoms with van der Waals surface area (Å²) < 4.78 is 0. The van der Waals surface area contributed by atoms with Gasteiger partial charge in [0.2, 0.25) is 0 Å². The van der Waals surface area contributed by atoms with Crippen molar-refractivity contribution in [1.82, 2.24) is 9.80 Å². The molecule has 0 amide bonds. The molecule has 3 aliphatic rings. The number of hydrogen-bond acceptors (Lipinski definition) is 3. The molecular formula is C14H24N2O2. The van der Waals surface area contributed by atoms with Crippen LogP contribution in [0.3, 0.4) is 0 Å². The fourth-order valence-corrected chi connectivity index (χ4v) is 4.35. The van der Waals surface area contributed by atoms with Crippen LogP contribution in [0.1, 0.15) is 44.9 Å². The minimum Gasteiger partial charge on any atom is -0.480 e. The van der Waals surface area contributed by atoms with Crippen LogP contribution in [0, 0.1) is 0 Å². The lowest BCUT2D eigenvalue weighted by atomic mass is 10.0. The molecule has 102 valence electrons. The summed E-state index contributed by atoms with van der Waals surface area (Å²) in [5, 5.41) is 9.19. The van der Waals surface area contributed by atoms with Gasteiger partial charge in [0, 0.05) is 24.7 Å². The Kier molecular flexibility index (Phi) is 3.57. The number of carbonyl (C=O) groups is 1. The zero-order valence-electron chi connectivity index (χ0n) is 11.1. The summed E-state index contributed by atoms with van der Waals surface area (Å²) in [6.07, 6.45) is 8.71. The van der Waals surface area contributed by atoms with Crippen LogP contribution in [0.2, 0.25) is 0 Å². The molecule has 18 heavy (non-hydrogen) atoms. The van der Waals surface area contributed by atoms with Crippen molar-refractivity contribution in [2.45, 2.75) is 63.1 Å². The minimum absolute atomic E-state index is 0.250. The Labute approximate surface area is 109 Å². The third kappa shape index (κ3) is 2.28. The maximum absolute atomic E-state index is 11.2. The number of nitrogens with zero attached hydrogens (tertiary/aromatic N) is 2. The maximum Gasteiger partial charge on any atom is 0.317 e. The van der Waals surface area contributed by atoms with Crippen molar-refractivity contribution in [1.29, 1.82) is 0 Å². The molecule has 4 nitrogen and oxygen atoms in total. The van der Waals surface area contributed by atoms with E-state index in [1.165, 1.54) is 58.0 Å². The summed E-state index contributed by atoms with van der Waals surface area (Å²) in [5.41, 5.74) is 0. The van der Waals surface area contributed by atoms with Gasteiger partial charge in [-0.25, -0.2) is 0 Å². The second kappa shape index (κ2) is 5.17. The van der Waals surface area contributed by atoms with E-state index in [4.69, 9.17) is 0 Å². The van der Waals surface area contributed by atoms with Crippen molar-refractivity contribution >= 4 is 5.97 Å². The molecule has 1 saturated carbocycles. The first-order chi connectivity index (χ1) is 8.75. The molecule has 0 aromatic heterocycles. The number of fused-ring (bicyclic) bond motifs is 1. The normalized spacial score (nSPS) is 33.4. The SMILES string of the molecule is O=C(O)CN(C1CCCC1)C1CCN2CCCC12.